The Balaban J connectivity index is 4.12. The normalized spacial score (nSPS) is 15.5. The smallest absolute Gasteiger partial charge is 0.308 e. The van der Waals surface area contributed by atoms with E-state index in [2.05, 4.69) is 0 Å². The molecule has 0 bridgehead atoms. The van der Waals surface area contributed by atoms with Crippen LogP contribution in [-0.2, 0) is 9.59 Å². The molecule has 0 amide bonds. The largest absolute Gasteiger partial charge is 0.481 e. The van der Waals surface area contributed by atoms with Crippen LogP contribution in [0.25, 0.3) is 0 Å². The molecule has 0 aliphatic heterocycles. The first-order chi connectivity index (χ1) is 4.95. The van der Waals surface area contributed by atoms with Gasteiger partial charge in [0.15, 0.2) is 0 Å². The highest BCUT2D eigenvalue weighted by atomic mass is 16.4. The average Bonchev–Trinajstić information content (AvgIpc) is 1.81. The highest BCUT2D eigenvalue weighted by Gasteiger charge is 2.24. The first-order valence-electron chi connectivity index (χ1n) is 3.01. The average molecular weight is 160 g/mol. The second-order valence-electron chi connectivity index (χ2n) is 2.23. The highest BCUT2D eigenvalue weighted by Crippen LogP contribution is 2.05. The molecule has 0 aliphatic carbocycles. The van der Waals surface area contributed by atoms with Crippen molar-refractivity contribution in [1.29, 1.82) is 0 Å². The zero-order valence-electron chi connectivity index (χ0n) is 6.02. The molecule has 5 heteroatoms. The van der Waals surface area contributed by atoms with Gasteiger partial charge in [-0.3, -0.25) is 9.59 Å². The molecular weight excluding hydrogens is 150 g/mol. The minimum absolute atomic E-state index is 0.674. The van der Waals surface area contributed by atoms with Crippen LogP contribution in [0.4, 0.5) is 0 Å². The molecule has 0 saturated carbocycles. The van der Waals surface area contributed by atoms with Gasteiger partial charge in [0.1, 0.15) is 0 Å². The fourth-order valence-corrected chi connectivity index (χ4v) is 0.602. The summed E-state index contributed by atoms with van der Waals surface area (Å²) in [6, 6.07) is -0.691. The van der Waals surface area contributed by atoms with E-state index < -0.39 is 23.9 Å². The van der Waals surface area contributed by atoms with Gasteiger partial charge in [-0.1, -0.05) is 0 Å². The Hall–Kier alpha value is -1.10. The molecule has 1 radical (unpaired) electrons. The van der Waals surface area contributed by atoms with E-state index in [1.807, 2.05) is 0 Å². The Morgan fingerprint density at radius 2 is 1.91 bits per heavy atom. The second-order valence-corrected chi connectivity index (χ2v) is 2.23. The predicted molar refractivity (Wildman–Crippen MR) is 36.7 cm³/mol. The maximum Gasteiger partial charge on any atom is 0.308 e. The number of nitrogens with two attached hydrogens (primary N) is 1. The van der Waals surface area contributed by atoms with Crippen molar-refractivity contribution in [1.82, 2.24) is 0 Å². The van der Waals surface area contributed by atoms with Crippen LogP contribution >= 0.6 is 0 Å². The van der Waals surface area contributed by atoms with Gasteiger partial charge in [-0.15, -0.1) is 0 Å². The minimum Gasteiger partial charge on any atom is -0.481 e. The van der Waals surface area contributed by atoms with Gasteiger partial charge in [-0.2, -0.15) is 0 Å². The maximum atomic E-state index is 10.3. The molecule has 0 aliphatic rings. The number of rotatable bonds is 4. The lowest BCUT2D eigenvalue weighted by Gasteiger charge is -2.12. The van der Waals surface area contributed by atoms with E-state index in [1.165, 1.54) is 6.92 Å². The van der Waals surface area contributed by atoms with Gasteiger partial charge in [0.05, 0.1) is 12.3 Å². The number of hydrogen-bond donors (Lipinski definition) is 3. The summed E-state index contributed by atoms with van der Waals surface area (Å²) in [7, 11) is 0. The van der Waals surface area contributed by atoms with E-state index in [-0.39, 0.29) is 0 Å². The highest BCUT2D eigenvalue weighted by molar-refractivity contribution is 5.85. The monoisotopic (exact) mass is 160 g/mol. The Kier molecular flexibility index (Phi) is 3.53. The molecule has 0 heterocycles. The van der Waals surface area contributed by atoms with Crippen LogP contribution in [0.15, 0.2) is 0 Å². The van der Waals surface area contributed by atoms with Crippen LogP contribution in [0.2, 0.25) is 0 Å². The Labute approximate surface area is 63.8 Å². The van der Waals surface area contributed by atoms with E-state index >= 15 is 0 Å². The van der Waals surface area contributed by atoms with Gasteiger partial charge in [-0.25, -0.2) is 0 Å². The van der Waals surface area contributed by atoms with Crippen LogP contribution in [0.3, 0.4) is 0 Å². The minimum atomic E-state index is -1.27. The second kappa shape index (κ2) is 3.92. The van der Waals surface area contributed by atoms with E-state index in [4.69, 9.17) is 15.9 Å². The molecule has 63 valence electrons. The first-order valence-corrected chi connectivity index (χ1v) is 3.01. The van der Waals surface area contributed by atoms with Crippen molar-refractivity contribution in [2.75, 3.05) is 0 Å². The van der Waals surface area contributed by atoms with Gasteiger partial charge < -0.3 is 15.9 Å². The number of carboxylic acid groups (broad SMARTS) is 2. The van der Waals surface area contributed by atoms with E-state index in [9.17, 15) is 9.59 Å². The van der Waals surface area contributed by atoms with Gasteiger partial charge in [0, 0.05) is 6.04 Å². The van der Waals surface area contributed by atoms with Crippen molar-refractivity contribution >= 4 is 11.9 Å². The van der Waals surface area contributed by atoms with Crippen LogP contribution < -0.4 is 5.73 Å². The van der Waals surface area contributed by atoms with Crippen molar-refractivity contribution in [3.63, 3.8) is 0 Å². The third kappa shape index (κ3) is 3.57. The summed E-state index contributed by atoms with van der Waals surface area (Å²) in [6.07, 6.45) is 0.674. The summed E-state index contributed by atoms with van der Waals surface area (Å²) in [5.74, 6) is -3.61. The molecule has 0 spiro atoms. The quantitative estimate of drug-likeness (QED) is 0.506. The molecule has 11 heavy (non-hydrogen) atoms. The van der Waals surface area contributed by atoms with Crippen molar-refractivity contribution < 1.29 is 19.8 Å². The third-order valence-corrected chi connectivity index (χ3v) is 1.17. The summed E-state index contributed by atoms with van der Waals surface area (Å²) in [5, 5.41) is 16.6. The number of aliphatic carboxylic acids is 2. The van der Waals surface area contributed by atoms with Gasteiger partial charge >= 0.3 is 11.9 Å². The summed E-state index contributed by atoms with van der Waals surface area (Å²) in [4.78, 5) is 20.3. The summed E-state index contributed by atoms with van der Waals surface area (Å²) in [6.45, 7) is 1.44. The van der Waals surface area contributed by atoms with Crippen molar-refractivity contribution in [2.45, 2.75) is 13.0 Å². The van der Waals surface area contributed by atoms with E-state index in [0.29, 0.717) is 6.42 Å². The van der Waals surface area contributed by atoms with Crippen LogP contribution in [0.5, 0.6) is 0 Å². The molecule has 5 nitrogen and oxygen atoms in total. The van der Waals surface area contributed by atoms with Gasteiger partial charge in [0.25, 0.3) is 0 Å². The number of carboxylic acids is 2. The fourth-order valence-electron chi connectivity index (χ4n) is 0.602. The number of hydrogen-bond acceptors (Lipinski definition) is 3. The molecule has 0 saturated heterocycles. The zero-order valence-corrected chi connectivity index (χ0v) is 6.02. The third-order valence-electron chi connectivity index (χ3n) is 1.17. The SMILES string of the molecule is CC(N)C([CH]C(=O)O)C(=O)O. The Morgan fingerprint density at radius 1 is 1.45 bits per heavy atom. The standard InChI is InChI=1S/C6H10NO4/c1-3(7)4(6(10)11)2-5(8)9/h2-4H,7H2,1H3,(H,8,9)(H,10,11). The van der Waals surface area contributed by atoms with E-state index in [1.54, 1.807) is 0 Å². The summed E-state index contributed by atoms with van der Waals surface area (Å²) in [5.41, 5.74) is 5.21. The molecule has 0 aromatic heterocycles. The van der Waals surface area contributed by atoms with Gasteiger partial charge in [-0.05, 0) is 6.92 Å². The lowest BCUT2D eigenvalue weighted by Crippen LogP contribution is -2.34. The molecule has 2 unspecified atom stereocenters. The van der Waals surface area contributed by atoms with E-state index in [0.717, 1.165) is 0 Å². The van der Waals surface area contributed by atoms with Crippen molar-refractivity contribution in [2.24, 2.45) is 11.7 Å². The lowest BCUT2D eigenvalue weighted by atomic mass is 9.99. The summed E-state index contributed by atoms with van der Waals surface area (Å²) < 4.78 is 0. The van der Waals surface area contributed by atoms with Crippen LogP contribution in [0.1, 0.15) is 6.92 Å². The molecule has 4 N–H and O–H groups in total. The first kappa shape index (κ1) is 9.90. The lowest BCUT2D eigenvalue weighted by molar-refractivity contribution is -0.144. The van der Waals surface area contributed by atoms with Gasteiger partial charge in [0.2, 0.25) is 0 Å². The molecular formula is C6H10NO4. The Bertz CT molecular complexity index is 166. The fraction of sp³-hybridized carbons (Fsp3) is 0.500. The van der Waals surface area contributed by atoms with Crippen LogP contribution in [-0.4, -0.2) is 28.2 Å². The molecule has 0 aromatic rings. The van der Waals surface area contributed by atoms with Crippen molar-refractivity contribution in [3.8, 4) is 0 Å². The molecule has 0 fully saturated rings. The molecule has 0 aromatic carbocycles. The molecule has 2 atom stereocenters. The van der Waals surface area contributed by atoms with Crippen molar-refractivity contribution in [3.05, 3.63) is 6.42 Å². The zero-order chi connectivity index (χ0) is 9.02. The van der Waals surface area contributed by atoms with Crippen LogP contribution in [0, 0.1) is 12.3 Å². The number of carbonyl (C=O) groups is 2. The summed E-state index contributed by atoms with van der Waals surface area (Å²) >= 11 is 0. The Morgan fingerprint density at radius 3 is 2.00 bits per heavy atom. The topological polar surface area (TPSA) is 101 Å². The molecule has 0 rings (SSSR count). The maximum absolute atomic E-state index is 10.3. The predicted octanol–water partition coefficient (Wildman–Crippen LogP) is -0.677.